The Morgan fingerprint density at radius 3 is 1.04 bits per heavy atom. The van der Waals surface area contributed by atoms with E-state index in [-0.39, 0.29) is 0 Å². The van der Waals surface area contributed by atoms with E-state index >= 15 is 0 Å². The van der Waals surface area contributed by atoms with Gasteiger partial charge in [-0.25, -0.2) is 0 Å². The van der Waals surface area contributed by atoms with Crippen molar-refractivity contribution in [2.75, 3.05) is 0 Å². The van der Waals surface area contributed by atoms with E-state index in [1.807, 2.05) is 41.5 Å². The van der Waals surface area contributed by atoms with Crippen LogP contribution in [0.4, 0.5) is 0 Å². The second-order valence-electron chi connectivity index (χ2n) is 8.88. The summed E-state index contributed by atoms with van der Waals surface area (Å²) in [7, 11) is 0. The average molecular weight is 385 g/mol. The van der Waals surface area contributed by atoms with Crippen LogP contribution in [0.3, 0.4) is 0 Å². The summed E-state index contributed by atoms with van der Waals surface area (Å²) < 4.78 is 0. The molecule has 2 aromatic rings. The molecule has 0 amide bonds. The second-order valence-corrected chi connectivity index (χ2v) is 8.88. The summed E-state index contributed by atoms with van der Waals surface area (Å²) in [6.07, 6.45) is 2.23. The second kappa shape index (κ2) is 14.4. The summed E-state index contributed by atoms with van der Waals surface area (Å²) in [6.45, 7) is 25.8. The monoisotopic (exact) mass is 384 g/mol. The van der Waals surface area contributed by atoms with Gasteiger partial charge in [0.15, 0.2) is 0 Å². The van der Waals surface area contributed by atoms with Crippen molar-refractivity contribution < 1.29 is 0 Å². The van der Waals surface area contributed by atoms with Gasteiger partial charge in [0.1, 0.15) is 0 Å². The van der Waals surface area contributed by atoms with Crippen molar-refractivity contribution in [2.24, 2.45) is 10.8 Å². The highest BCUT2D eigenvalue weighted by Gasteiger charge is 2.13. The Balaban J connectivity index is 0. The molecule has 0 atom stereocenters. The predicted octanol–water partition coefficient (Wildman–Crippen LogP) is 9.61. The molecule has 160 valence electrons. The van der Waals surface area contributed by atoms with Gasteiger partial charge < -0.3 is 0 Å². The van der Waals surface area contributed by atoms with Crippen LogP contribution in [0.15, 0.2) is 48.5 Å². The van der Waals surface area contributed by atoms with Crippen molar-refractivity contribution in [3.05, 3.63) is 59.7 Å². The highest BCUT2D eigenvalue weighted by atomic mass is 14.2. The van der Waals surface area contributed by atoms with E-state index in [1.165, 1.54) is 22.3 Å². The van der Waals surface area contributed by atoms with Crippen molar-refractivity contribution in [1.82, 2.24) is 0 Å². The summed E-state index contributed by atoms with van der Waals surface area (Å²) in [5, 5.41) is 0. The highest BCUT2D eigenvalue weighted by Crippen LogP contribution is 2.27. The minimum atomic E-state index is 0.326. The molecule has 0 aliphatic heterocycles. The fourth-order valence-electron chi connectivity index (χ4n) is 2.95. The van der Waals surface area contributed by atoms with Crippen molar-refractivity contribution in [1.29, 1.82) is 0 Å². The molecule has 0 heterocycles. The van der Waals surface area contributed by atoms with Crippen LogP contribution in [0.2, 0.25) is 0 Å². The van der Waals surface area contributed by atoms with Crippen molar-refractivity contribution >= 4 is 0 Å². The van der Waals surface area contributed by atoms with Gasteiger partial charge in [0.25, 0.3) is 0 Å². The standard InChI is InChI=1S/C22H30.3C2H6/c1-21(2,3)15-17-9-7-11-19(13-17)20-12-8-10-18(14-20)16-22(4,5)6;3*1-2/h7-14H,15-16H2,1-6H3;3*1-2H3. The van der Waals surface area contributed by atoms with Gasteiger partial charge in [0.2, 0.25) is 0 Å². The molecule has 0 aromatic heterocycles. The van der Waals surface area contributed by atoms with Crippen LogP contribution in [0, 0.1) is 10.8 Å². The minimum absolute atomic E-state index is 0.326. The highest BCUT2D eigenvalue weighted by molar-refractivity contribution is 5.65. The third kappa shape index (κ3) is 12.8. The molecular weight excluding hydrogens is 336 g/mol. The number of benzene rings is 2. The van der Waals surface area contributed by atoms with Gasteiger partial charge in [-0.2, -0.15) is 0 Å². The molecule has 28 heavy (non-hydrogen) atoms. The van der Waals surface area contributed by atoms with E-state index in [2.05, 4.69) is 90.1 Å². The Labute approximate surface area is 177 Å². The lowest BCUT2D eigenvalue weighted by Crippen LogP contribution is -2.09. The lowest BCUT2D eigenvalue weighted by Gasteiger charge is -2.19. The quantitative estimate of drug-likeness (QED) is 0.494. The smallest absolute Gasteiger partial charge is 0.0181 e. The van der Waals surface area contributed by atoms with Crippen LogP contribution in [0.5, 0.6) is 0 Å². The van der Waals surface area contributed by atoms with Crippen molar-refractivity contribution in [2.45, 2.75) is 95.9 Å². The van der Waals surface area contributed by atoms with Crippen LogP contribution < -0.4 is 0 Å². The van der Waals surface area contributed by atoms with Crippen molar-refractivity contribution in [3.63, 3.8) is 0 Å². The average Bonchev–Trinajstić information content (AvgIpc) is 2.64. The Bertz CT molecular complexity index is 563. The molecule has 0 unspecified atom stereocenters. The maximum Gasteiger partial charge on any atom is -0.0181 e. The molecule has 0 N–H and O–H groups in total. The maximum absolute atomic E-state index is 2.35. The lowest BCUT2D eigenvalue weighted by molar-refractivity contribution is 0.411. The van der Waals surface area contributed by atoms with Gasteiger partial charge in [0, 0.05) is 0 Å². The van der Waals surface area contributed by atoms with Gasteiger partial charge in [-0.1, -0.05) is 132 Å². The summed E-state index contributed by atoms with van der Waals surface area (Å²) in [5.74, 6) is 0. The van der Waals surface area contributed by atoms with Gasteiger partial charge >= 0.3 is 0 Å². The molecule has 0 saturated heterocycles. The summed E-state index contributed by atoms with van der Waals surface area (Å²) in [4.78, 5) is 0. The van der Waals surface area contributed by atoms with Crippen LogP contribution in [-0.2, 0) is 12.8 Å². The lowest BCUT2D eigenvalue weighted by atomic mass is 9.86. The van der Waals surface area contributed by atoms with Gasteiger partial charge in [0.05, 0.1) is 0 Å². The molecule has 0 radical (unpaired) electrons. The topological polar surface area (TPSA) is 0 Å². The molecule has 0 bridgehead atoms. The third-order valence-electron chi connectivity index (χ3n) is 3.66. The Morgan fingerprint density at radius 1 is 0.500 bits per heavy atom. The molecule has 0 aliphatic rings. The van der Waals surface area contributed by atoms with Crippen LogP contribution in [-0.4, -0.2) is 0 Å². The number of hydrogen-bond acceptors (Lipinski definition) is 0. The van der Waals surface area contributed by atoms with E-state index in [0.717, 1.165) is 12.8 Å². The molecule has 0 saturated carbocycles. The van der Waals surface area contributed by atoms with Crippen LogP contribution in [0.25, 0.3) is 11.1 Å². The Hall–Kier alpha value is -1.56. The summed E-state index contributed by atoms with van der Waals surface area (Å²) in [6, 6.07) is 18.0. The molecule has 0 fully saturated rings. The van der Waals surface area contributed by atoms with Gasteiger partial charge in [-0.05, 0) is 45.9 Å². The fourth-order valence-corrected chi connectivity index (χ4v) is 2.95. The van der Waals surface area contributed by atoms with Crippen LogP contribution in [0.1, 0.15) is 94.2 Å². The van der Waals surface area contributed by atoms with E-state index < -0.39 is 0 Å². The first-order chi connectivity index (χ1) is 13.1. The van der Waals surface area contributed by atoms with E-state index in [1.54, 1.807) is 0 Å². The van der Waals surface area contributed by atoms with Crippen LogP contribution >= 0.6 is 0 Å². The maximum atomic E-state index is 2.35. The number of rotatable bonds is 3. The van der Waals surface area contributed by atoms with Gasteiger partial charge in [-0.15, -0.1) is 0 Å². The zero-order valence-electron chi connectivity index (χ0n) is 21.0. The van der Waals surface area contributed by atoms with Gasteiger partial charge in [-0.3, -0.25) is 0 Å². The Morgan fingerprint density at radius 2 is 0.786 bits per heavy atom. The third-order valence-corrected chi connectivity index (χ3v) is 3.66. The molecule has 2 aromatic carbocycles. The molecule has 0 spiro atoms. The van der Waals surface area contributed by atoms with Crippen molar-refractivity contribution in [3.8, 4) is 11.1 Å². The normalized spacial score (nSPS) is 10.4. The molecule has 0 heteroatoms. The van der Waals surface area contributed by atoms with E-state index in [0.29, 0.717) is 10.8 Å². The predicted molar refractivity (Wildman–Crippen MR) is 132 cm³/mol. The summed E-state index contributed by atoms with van der Waals surface area (Å²) in [5.41, 5.74) is 6.16. The molecule has 0 nitrogen and oxygen atoms in total. The SMILES string of the molecule is CC.CC.CC.CC(C)(C)Cc1cccc(-c2cccc(CC(C)(C)C)c2)c1. The summed E-state index contributed by atoms with van der Waals surface area (Å²) >= 11 is 0. The van der Waals surface area contributed by atoms with E-state index in [9.17, 15) is 0 Å². The first-order valence-corrected chi connectivity index (χ1v) is 11.3. The molecule has 0 aliphatic carbocycles. The Kier molecular flexibility index (Phi) is 14.8. The molecule has 2 rings (SSSR count). The number of hydrogen-bond donors (Lipinski definition) is 0. The zero-order valence-corrected chi connectivity index (χ0v) is 21.0. The minimum Gasteiger partial charge on any atom is -0.0683 e. The zero-order chi connectivity index (χ0) is 22.4. The van der Waals surface area contributed by atoms with E-state index in [4.69, 9.17) is 0 Å². The fraction of sp³-hybridized carbons (Fsp3) is 0.571. The first kappa shape index (κ1) is 28.6. The molecular formula is C28H48. The first-order valence-electron chi connectivity index (χ1n) is 11.3. The largest absolute Gasteiger partial charge is 0.0683 e.